The quantitative estimate of drug-likeness (QED) is 0.668. The summed E-state index contributed by atoms with van der Waals surface area (Å²) in [6, 6.07) is 13.1. The molecule has 1 amide bonds. The van der Waals surface area contributed by atoms with Crippen LogP contribution in [0.2, 0.25) is 5.02 Å². The number of rotatable bonds is 5. The Hall–Kier alpha value is -2.38. The minimum Gasteiger partial charge on any atom is -0.325 e. The molecule has 0 aliphatic carbocycles. The number of carbonyl (C=O) groups excluding carboxylic acids is 1. The second-order valence-electron chi connectivity index (χ2n) is 5.92. The molecule has 3 rings (SSSR count). The Morgan fingerprint density at radius 3 is 2.65 bits per heavy atom. The fourth-order valence-corrected chi connectivity index (χ4v) is 3.25. The van der Waals surface area contributed by atoms with E-state index in [1.54, 1.807) is 16.8 Å². The predicted molar refractivity (Wildman–Crippen MR) is 104 cm³/mol. The minimum absolute atomic E-state index is 0.102. The molecule has 1 N–H and O–H groups in total. The van der Waals surface area contributed by atoms with Crippen LogP contribution in [0.1, 0.15) is 18.1 Å². The number of carbonyl (C=O) groups is 1. The van der Waals surface area contributed by atoms with Gasteiger partial charge in [0, 0.05) is 10.7 Å². The van der Waals surface area contributed by atoms with Gasteiger partial charge in [-0.1, -0.05) is 35.5 Å². The number of halogens is 1. The van der Waals surface area contributed by atoms with Crippen LogP contribution in [-0.4, -0.2) is 31.4 Å². The molecule has 6 nitrogen and oxygen atoms in total. The summed E-state index contributed by atoms with van der Waals surface area (Å²) in [5.41, 5.74) is 3.72. The van der Waals surface area contributed by atoms with Gasteiger partial charge < -0.3 is 5.32 Å². The summed E-state index contributed by atoms with van der Waals surface area (Å²) in [5, 5.41) is 15.5. The number of amides is 1. The molecule has 0 saturated carbocycles. The average Bonchev–Trinajstić information content (AvgIpc) is 3.07. The highest BCUT2D eigenvalue weighted by molar-refractivity contribution is 8.00. The fourth-order valence-electron chi connectivity index (χ4n) is 2.31. The summed E-state index contributed by atoms with van der Waals surface area (Å²) in [6.07, 6.45) is 0. The molecule has 0 radical (unpaired) electrons. The maximum atomic E-state index is 12.6. The number of hydrogen-bond acceptors (Lipinski definition) is 5. The number of hydrogen-bond donors (Lipinski definition) is 1. The van der Waals surface area contributed by atoms with E-state index in [0.29, 0.717) is 10.2 Å². The van der Waals surface area contributed by atoms with Crippen molar-refractivity contribution in [3.05, 3.63) is 58.6 Å². The van der Waals surface area contributed by atoms with E-state index >= 15 is 0 Å². The number of tetrazole rings is 1. The van der Waals surface area contributed by atoms with E-state index in [9.17, 15) is 4.79 Å². The van der Waals surface area contributed by atoms with E-state index in [1.165, 1.54) is 11.8 Å². The van der Waals surface area contributed by atoms with Crippen molar-refractivity contribution in [2.75, 3.05) is 5.32 Å². The molecule has 8 heteroatoms. The first-order chi connectivity index (χ1) is 12.4. The van der Waals surface area contributed by atoms with Crippen molar-refractivity contribution < 1.29 is 4.79 Å². The molecule has 134 valence electrons. The van der Waals surface area contributed by atoms with Crippen LogP contribution in [0.3, 0.4) is 0 Å². The maximum absolute atomic E-state index is 12.6. The highest BCUT2D eigenvalue weighted by atomic mass is 35.5. The van der Waals surface area contributed by atoms with Crippen LogP contribution in [0.25, 0.3) is 5.69 Å². The lowest BCUT2D eigenvalue weighted by Gasteiger charge is -2.13. The van der Waals surface area contributed by atoms with Crippen LogP contribution >= 0.6 is 23.4 Å². The zero-order valence-electron chi connectivity index (χ0n) is 14.6. The zero-order valence-corrected chi connectivity index (χ0v) is 16.2. The molecular formula is C18H18ClN5OS. The first-order valence-corrected chi connectivity index (χ1v) is 9.29. The Labute approximate surface area is 160 Å². The van der Waals surface area contributed by atoms with Crippen molar-refractivity contribution in [2.24, 2.45) is 0 Å². The van der Waals surface area contributed by atoms with E-state index in [-0.39, 0.29) is 11.2 Å². The van der Waals surface area contributed by atoms with Crippen molar-refractivity contribution in [3.8, 4) is 5.69 Å². The van der Waals surface area contributed by atoms with Gasteiger partial charge in [0.05, 0.1) is 10.9 Å². The number of nitrogens with one attached hydrogen (secondary N) is 1. The summed E-state index contributed by atoms with van der Waals surface area (Å²) < 4.78 is 1.59. The number of thioether (sulfide) groups is 1. The molecule has 0 aliphatic heterocycles. The third-order valence-electron chi connectivity index (χ3n) is 3.81. The van der Waals surface area contributed by atoms with Gasteiger partial charge in [0.2, 0.25) is 11.1 Å². The first-order valence-electron chi connectivity index (χ1n) is 8.03. The second-order valence-corrected chi connectivity index (χ2v) is 7.66. The molecule has 0 fully saturated rings. The van der Waals surface area contributed by atoms with Gasteiger partial charge >= 0.3 is 0 Å². The van der Waals surface area contributed by atoms with Crippen LogP contribution in [0.15, 0.2) is 47.6 Å². The largest absolute Gasteiger partial charge is 0.325 e. The van der Waals surface area contributed by atoms with E-state index in [1.807, 2.05) is 51.1 Å². The number of nitrogens with zero attached hydrogens (tertiary/aromatic N) is 4. The number of anilines is 1. The average molecular weight is 388 g/mol. The summed E-state index contributed by atoms with van der Waals surface area (Å²) in [5.74, 6) is -0.102. The van der Waals surface area contributed by atoms with Gasteiger partial charge in [0.15, 0.2) is 0 Å². The first kappa shape index (κ1) is 18.4. The van der Waals surface area contributed by atoms with Crippen molar-refractivity contribution in [2.45, 2.75) is 31.2 Å². The van der Waals surface area contributed by atoms with Gasteiger partial charge in [0.1, 0.15) is 0 Å². The Bertz CT molecular complexity index is 926. The lowest BCUT2D eigenvalue weighted by Crippen LogP contribution is -2.23. The molecule has 3 aromatic rings. The third-order valence-corrected chi connectivity index (χ3v) is 5.10. The van der Waals surface area contributed by atoms with E-state index in [2.05, 4.69) is 20.8 Å². The molecular weight excluding hydrogens is 370 g/mol. The van der Waals surface area contributed by atoms with Crippen LogP contribution < -0.4 is 5.32 Å². The van der Waals surface area contributed by atoms with Gasteiger partial charge in [-0.15, -0.1) is 5.10 Å². The lowest BCUT2D eigenvalue weighted by molar-refractivity contribution is -0.115. The van der Waals surface area contributed by atoms with Crippen molar-refractivity contribution >= 4 is 35.0 Å². The highest BCUT2D eigenvalue weighted by Crippen LogP contribution is 2.25. The summed E-state index contributed by atoms with van der Waals surface area (Å²) in [6.45, 7) is 5.79. The Morgan fingerprint density at radius 1 is 1.19 bits per heavy atom. The highest BCUT2D eigenvalue weighted by Gasteiger charge is 2.20. The maximum Gasteiger partial charge on any atom is 0.237 e. The van der Waals surface area contributed by atoms with Crippen LogP contribution in [-0.2, 0) is 4.79 Å². The molecule has 1 unspecified atom stereocenters. The molecule has 0 spiro atoms. The predicted octanol–water partition coefficient (Wildman–Crippen LogP) is 4.05. The smallest absolute Gasteiger partial charge is 0.237 e. The molecule has 1 atom stereocenters. The van der Waals surface area contributed by atoms with Crippen molar-refractivity contribution in [1.29, 1.82) is 0 Å². The zero-order chi connectivity index (χ0) is 18.7. The molecule has 1 aromatic heterocycles. The van der Waals surface area contributed by atoms with Gasteiger partial charge in [-0.2, -0.15) is 4.68 Å². The molecule has 2 aromatic carbocycles. The number of aryl methyl sites for hydroxylation is 2. The fraction of sp³-hybridized carbons (Fsp3) is 0.222. The Balaban J connectivity index is 1.73. The Morgan fingerprint density at radius 2 is 1.92 bits per heavy atom. The molecule has 1 heterocycles. The van der Waals surface area contributed by atoms with E-state index < -0.39 is 0 Å². The summed E-state index contributed by atoms with van der Waals surface area (Å²) in [4.78, 5) is 12.6. The van der Waals surface area contributed by atoms with Gasteiger partial charge in [-0.05, 0) is 72.7 Å². The number of aromatic nitrogens is 4. The summed E-state index contributed by atoms with van der Waals surface area (Å²) >= 11 is 7.22. The van der Waals surface area contributed by atoms with E-state index in [0.717, 1.165) is 22.5 Å². The van der Waals surface area contributed by atoms with Gasteiger partial charge in [-0.25, -0.2) is 0 Å². The molecule has 0 saturated heterocycles. The lowest BCUT2D eigenvalue weighted by atomic mass is 10.1. The van der Waals surface area contributed by atoms with Crippen LogP contribution in [0.4, 0.5) is 5.69 Å². The molecule has 0 bridgehead atoms. The number of benzene rings is 2. The van der Waals surface area contributed by atoms with Crippen molar-refractivity contribution in [1.82, 2.24) is 20.2 Å². The SMILES string of the molecule is Cc1ccc(C)c(NC(=O)C(C)Sc2nnnn2-c2ccc(Cl)cc2)c1. The standard InChI is InChI=1S/C18H18ClN5OS/c1-11-4-5-12(2)16(10-11)20-17(25)13(3)26-18-21-22-23-24(18)15-8-6-14(19)7-9-15/h4-10,13H,1-3H3,(H,20,25). The van der Waals surface area contributed by atoms with Crippen LogP contribution in [0.5, 0.6) is 0 Å². The van der Waals surface area contributed by atoms with Gasteiger partial charge in [-0.3, -0.25) is 4.79 Å². The second kappa shape index (κ2) is 7.88. The molecule has 0 aliphatic rings. The third kappa shape index (κ3) is 4.23. The topological polar surface area (TPSA) is 72.7 Å². The molecule has 26 heavy (non-hydrogen) atoms. The normalized spacial score (nSPS) is 12.0. The van der Waals surface area contributed by atoms with Gasteiger partial charge in [0.25, 0.3) is 0 Å². The van der Waals surface area contributed by atoms with E-state index in [4.69, 9.17) is 11.6 Å². The van der Waals surface area contributed by atoms with Crippen LogP contribution in [0, 0.1) is 13.8 Å². The Kier molecular flexibility index (Phi) is 5.58. The van der Waals surface area contributed by atoms with Crippen molar-refractivity contribution in [3.63, 3.8) is 0 Å². The minimum atomic E-state index is -0.369. The monoisotopic (exact) mass is 387 g/mol. The summed E-state index contributed by atoms with van der Waals surface area (Å²) in [7, 11) is 0.